The second-order valence-corrected chi connectivity index (χ2v) is 3.01. The smallest absolute Gasteiger partial charge is 0.334 e. The van der Waals surface area contributed by atoms with E-state index in [2.05, 4.69) is 0 Å². The molecule has 0 amide bonds. The molecule has 0 aliphatic heterocycles. The van der Waals surface area contributed by atoms with Crippen molar-refractivity contribution in [2.75, 3.05) is 0 Å². The zero-order valence-electron chi connectivity index (χ0n) is 8.74. The van der Waals surface area contributed by atoms with E-state index in [-0.39, 0.29) is 11.7 Å². The van der Waals surface area contributed by atoms with Crippen molar-refractivity contribution in [1.82, 2.24) is 0 Å². The second kappa shape index (κ2) is 6.18. The van der Waals surface area contributed by atoms with E-state index in [1.54, 1.807) is 0 Å². The molecule has 0 aliphatic rings. The summed E-state index contributed by atoms with van der Waals surface area (Å²) in [6.45, 7) is 5.26. The molecule has 0 saturated heterocycles. The Morgan fingerprint density at radius 3 is 2.21 bits per heavy atom. The first-order valence-electron chi connectivity index (χ1n) is 4.63. The molecule has 0 saturated carbocycles. The quantitative estimate of drug-likeness (QED) is 0.542. The highest BCUT2D eigenvalue weighted by Gasteiger charge is 2.12. The molecule has 0 heterocycles. The highest BCUT2D eigenvalue weighted by Crippen LogP contribution is 2.06. The third-order valence-corrected chi connectivity index (χ3v) is 1.85. The van der Waals surface area contributed by atoms with Gasteiger partial charge in [0.05, 0.1) is 0 Å². The Morgan fingerprint density at radius 2 is 1.86 bits per heavy atom. The van der Waals surface area contributed by atoms with Gasteiger partial charge in [-0.05, 0) is 19.8 Å². The van der Waals surface area contributed by atoms with Crippen LogP contribution in [0.2, 0.25) is 0 Å². The molecule has 4 heteroatoms. The van der Waals surface area contributed by atoms with Crippen molar-refractivity contribution in [3.05, 3.63) is 11.6 Å². The van der Waals surface area contributed by atoms with E-state index >= 15 is 0 Å². The molecular weight excluding hydrogens is 184 g/mol. The summed E-state index contributed by atoms with van der Waals surface area (Å²) in [5.74, 6) is -1.69. The van der Waals surface area contributed by atoms with Gasteiger partial charge in [0.2, 0.25) is 0 Å². The van der Waals surface area contributed by atoms with Crippen molar-refractivity contribution < 1.29 is 19.4 Å². The zero-order chi connectivity index (χ0) is 11.1. The highest BCUT2D eigenvalue weighted by molar-refractivity contribution is 5.95. The summed E-state index contributed by atoms with van der Waals surface area (Å²) < 4.78 is 5.04. The number of carbonyl (C=O) groups is 2. The Morgan fingerprint density at radius 1 is 1.36 bits per heavy atom. The van der Waals surface area contributed by atoms with Crippen molar-refractivity contribution in [3.63, 3.8) is 0 Å². The number of aliphatic carboxylic acids is 1. The molecule has 0 rings (SSSR count). The lowest BCUT2D eigenvalue weighted by molar-refractivity contribution is -0.145. The second-order valence-electron chi connectivity index (χ2n) is 3.01. The zero-order valence-corrected chi connectivity index (χ0v) is 8.74. The molecule has 0 spiro atoms. The monoisotopic (exact) mass is 200 g/mol. The normalized spacial score (nSPS) is 11.6. The van der Waals surface area contributed by atoms with E-state index in [0.29, 0.717) is 0 Å². The molecule has 0 unspecified atom stereocenters. The van der Waals surface area contributed by atoms with Gasteiger partial charge in [0.15, 0.2) is 0 Å². The summed E-state index contributed by atoms with van der Waals surface area (Å²) in [5, 5.41) is 8.40. The number of hydrogen-bond acceptors (Lipinski definition) is 3. The Kier molecular flexibility index (Phi) is 5.60. The Bertz CT molecular complexity index is 239. The van der Waals surface area contributed by atoms with E-state index in [1.165, 1.54) is 6.92 Å². The van der Waals surface area contributed by atoms with E-state index < -0.39 is 11.9 Å². The summed E-state index contributed by atoms with van der Waals surface area (Å²) in [7, 11) is 0. The van der Waals surface area contributed by atoms with Crippen molar-refractivity contribution >= 4 is 11.9 Å². The van der Waals surface area contributed by atoms with Crippen LogP contribution in [0.4, 0.5) is 0 Å². The third kappa shape index (κ3) is 4.64. The molecule has 0 aromatic carbocycles. The van der Waals surface area contributed by atoms with E-state index in [4.69, 9.17) is 9.84 Å². The van der Waals surface area contributed by atoms with Gasteiger partial charge in [0.25, 0.3) is 0 Å². The number of esters is 1. The molecule has 1 N–H and O–H groups in total. The maximum Gasteiger partial charge on any atom is 0.334 e. The van der Waals surface area contributed by atoms with Crippen LogP contribution in [0.3, 0.4) is 0 Å². The van der Waals surface area contributed by atoms with Gasteiger partial charge in [-0.2, -0.15) is 0 Å². The summed E-state index contributed by atoms with van der Waals surface area (Å²) in [6, 6.07) is 0. The van der Waals surface area contributed by atoms with Crippen LogP contribution >= 0.6 is 0 Å². The first kappa shape index (κ1) is 12.7. The fraction of sp³-hybridized carbons (Fsp3) is 0.600. The van der Waals surface area contributed by atoms with Gasteiger partial charge in [-0.1, -0.05) is 13.8 Å². The first-order valence-corrected chi connectivity index (χ1v) is 4.63. The van der Waals surface area contributed by atoms with Gasteiger partial charge in [-0.15, -0.1) is 0 Å². The maximum atomic E-state index is 11.3. The minimum Gasteiger partial charge on any atom is -0.478 e. The van der Waals surface area contributed by atoms with Crippen LogP contribution in [0.1, 0.15) is 33.6 Å². The number of rotatable bonds is 5. The summed E-state index contributed by atoms with van der Waals surface area (Å²) in [5.41, 5.74) is 0.115. The van der Waals surface area contributed by atoms with Crippen LogP contribution in [-0.2, 0) is 14.3 Å². The Hall–Kier alpha value is -1.32. The van der Waals surface area contributed by atoms with Crippen LogP contribution in [0, 0.1) is 0 Å². The molecule has 0 bridgehead atoms. The molecular formula is C10H16O4. The molecule has 0 aromatic rings. The molecule has 4 nitrogen and oxygen atoms in total. The SMILES string of the molecule is CCC(CC)OC(=O)/C(C)=C/C(=O)O. The molecule has 0 aromatic heterocycles. The summed E-state index contributed by atoms with van der Waals surface area (Å²) in [4.78, 5) is 21.5. The predicted octanol–water partition coefficient (Wildman–Crippen LogP) is 1.75. The fourth-order valence-electron chi connectivity index (χ4n) is 0.944. The van der Waals surface area contributed by atoms with Crippen LogP contribution in [0.5, 0.6) is 0 Å². The molecule has 80 valence electrons. The fourth-order valence-corrected chi connectivity index (χ4v) is 0.944. The third-order valence-electron chi connectivity index (χ3n) is 1.85. The topological polar surface area (TPSA) is 63.6 Å². The van der Waals surface area contributed by atoms with Gasteiger partial charge in [0, 0.05) is 11.6 Å². The van der Waals surface area contributed by atoms with Crippen LogP contribution in [0.25, 0.3) is 0 Å². The van der Waals surface area contributed by atoms with Crippen LogP contribution < -0.4 is 0 Å². The maximum absolute atomic E-state index is 11.3. The lowest BCUT2D eigenvalue weighted by atomic mass is 10.2. The van der Waals surface area contributed by atoms with Crippen molar-refractivity contribution in [1.29, 1.82) is 0 Å². The minimum absolute atomic E-state index is 0.115. The van der Waals surface area contributed by atoms with Gasteiger partial charge in [0.1, 0.15) is 6.10 Å². The van der Waals surface area contributed by atoms with Gasteiger partial charge >= 0.3 is 11.9 Å². The molecule has 14 heavy (non-hydrogen) atoms. The molecule has 0 atom stereocenters. The number of carboxylic acid groups (broad SMARTS) is 1. The molecule has 0 radical (unpaired) electrons. The van der Waals surface area contributed by atoms with Gasteiger partial charge in [-0.3, -0.25) is 0 Å². The highest BCUT2D eigenvalue weighted by atomic mass is 16.5. The van der Waals surface area contributed by atoms with Crippen LogP contribution in [-0.4, -0.2) is 23.1 Å². The number of carbonyl (C=O) groups excluding carboxylic acids is 1. The Balaban J connectivity index is 4.27. The van der Waals surface area contributed by atoms with E-state index in [0.717, 1.165) is 18.9 Å². The van der Waals surface area contributed by atoms with Crippen molar-refractivity contribution in [2.45, 2.75) is 39.7 Å². The number of carboxylic acids is 1. The number of ether oxygens (including phenoxy) is 1. The molecule has 0 aliphatic carbocycles. The largest absolute Gasteiger partial charge is 0.478 e. The standard InChI is InChI=1S/C10H16O4/c1-4-8(5-2)14-10(13)7(3)6-9(11)12/h6,8H,4-5H2,1-3H3,(H,11,12)/b7-6+. The van der Waals surface area contributed by atoms with Crippen LogP contribution in [0.15, 0.2) is 11.6 Å². The number of hydrogen-bond donors (Lipinski definition) is 1. The van der Waals surface area contributed by atoms with Gasteiger partial charge in [-0.25, -0.2) is 9.59 Å². The Labute approximate surface area is 83.6 Å². The predicted molar refractivity (Wildman–Crippen MR) is 51.9 cm³/mol. The minimum atomic E-state index is -1.14. The van der Waals surface area contributed by atoms with E-state index in [1.807, 2.05) is 13.8 Å². The average Bonchev–Trinajstić information content (AvgIpc) is 2.12. The van der Waals surface area contributed by atoms with Gasteiger partial charge < -0.3 is 9.84 Å². The van der Waals surface area contributed by atoms with Crippen molar-refractivity contribution in [2.24, 2.45) is 0 Å². The first-order chi connectivity index (χ1) is 6.51. The lowest BCUT2D eigenvalue weighted by Crippen LogP contribution is -2.17. The summed E-state index contributed by atoms with van der Waals surface area (Å²) in [6.07, 6.45) is 2.20. The lowest BCUT2D eigenvalue weighted by Gasteiger charge is -2.13. The molecule has 0 fully saturated rings. The van der Waals surface area contributed by atoms with E-state index in [9.17, 15) is 9.59 Å². The average molecular weight is 200 g/mol. The van der Waals surface area contributed by atoms with Crippen molar-refractivity contribution in [3.8, 4) is 0 Å². The summed E-state index contributed by atoms with van der Waals surface area (Å²) >= 11 is 0.